The molecule has 0 bridgehead atoms. The number of rotatable bonds is 2. The molecule has 0 N–H and O–H groups in total. The quantitative estimate of drug-likeness (QED) is 0.842. The first-order chi connectivity index (χ1) is 9.50. The first-order valence-electron chi connectivity index (χ1n) is 6.74. The van der Waals surface area contributed by atoms with Gasteiger partial charge in [-0.3, -0.25) is 4.79 Å². The van der Waals surface area contributed by atoms with Gasteiger partial charge in [0, 0.05) is 29.9 Å². The molecule has 0 spiro atoms. The van der Waals surface area contributed by atoms with Crippen LogP contribution in [0.3, 0.4) is 0 Å². The number of methoxy groups -OCH3 is 1. The van der Waals surface area contributed by atoms with Gasteiger partial charge in [-0.15, -0.1) is 0 Å². The van der Waals surface area contributed by atoms with Crippen LogP contribution in [0, 0.1) is 5.41 Å². The fourth-order valence-corrected chi connectivity index (χ4v) is 2.82. The molecular weight excluding hydrogens is 252 g/mol. The lowest BCUT2D eigenvalue weighted by Crippen LogP contribution is -2.27. The number of carbonyl (C=O) groups excluding carboxylic acids is 1. The zero-order chi connectivity index (χ0) is 14.3. The number of hydrogen-bond acceptors (Lipinski definition) is 3. The molecule has 0 aliphatic heterocycles. The predicted molar refractivity (Wildman–Crippen MR) is 76.5 cm³/mol. The summed E-state index contributed by atoms with van der Waals surface area (Å²) in [5.41, 5.74) is 2.90. The number of hydrogen-bond donors (Lipinski definition) is 0. The Morgan fingerprint density at radius 2 is 2.05 bits per heavy atom. The van der Waals surface area contributed by atoms with Gasteiger partial charge in [0.1, 0.15) is 0 Å². The van der Waals surface area contributed by atoms with Crippen LogP contribution in [-0.2, 0) is 6.42 Å². The second kappa shape index (κ2) is 4.47. The van der Waals surface area contributed by atoms with Crippen LogP contribution in [0.5, 0.6) is 5.88 Å². The van der Waals surface area contributed by atoms with E-state index in [1.807, 2.05) is 24.4 Å². The standard InChI is InChI=1S/C16H18N2O2/c1-16(2)8-13-12(14(19)9-16)6-7-18(13)11-4-5-15(20-3)17-10-11/h4-7,10H,8-9H2,1-3H3. The summed E-state index contributed by atoms with van der Waals surface area (Å²) in [6.07, 6.45) is 5.23. The Bertz CT molecular complexity index is 654. The van der Waals surface area contributed by atoms with Crippen molar-refractivity contribution in [1.29, 1.82) is 0 Å². The van der Waals surface area contributed by atoms with E-state index in [9.17, 15) is 4.79 Å². The van der Waals surface area contributed by atoms with Crippen LogP contribution >= 0.6 is 0 Å². The first kappa shape index (κ1) is 12.9. The summed E-state index contributed by atoms with van der Waals surface area (Å²) in [5.74, 6) is 0.822. The Morgan fingerprint density at radius 3 is 2.70 bits per heavy atom. The zero-order valence-corrected chi connectivity index (χ0v) is 12.0. The van der Waals surface area contributed by atoms with E-state index in [4.69, 9.17) is 4.74 Å². The third-order valence-corrected chi connectivity index (χ3v) is 3.79. The van der Waals surface area contributed by atoms with Crippen molar-refractivity contribution in [1.82, 2.24) is 9.55 Å². The highest BCUT2D eigenvalue weighted by molar-refractivity contribution is 5.99. The lowest BCUT2D eigenvalue weighted by atomic mass is 9.76. The molecule has 2 heterocycles. The Kier molecular flexibility index (Phi) is 2.89. The molecule has 104 valence electrons. The number of carbonyl (C=O) groups is 1. The van der Waals surface area contributed by atoms with Gasteiger partial charge in [-0.2, -0.15) is 0 Å². The minimum atomic E-state index is 0.0140. The van der Waals surface area contributed by atoms with E-state index in [1.165, 1.54) is 0 Å². The molecule has 1 aliphatic carbocycles. The van der Waals surface area contributed by atoms with E-state index in [1.54, 1.807) is 13.3 Å². The zero-order valence-electron chi connectivity index (χ0n) is 12.0. The molecule has 2 aromatic heterocycles. The highest BCUT2D eigenvalue weighted by Crippen LogP contribution is 2.36. The van der Waals surface area contributed by atoms with E-state index >= 15 is 0 Å². The summed E-state index contributed by atoms with van der Waals surface area (Å²) >= 11 is 0. The second-order valence-electron chi connectivity index (χ2n) is 6.05. The van der Waals surface area contributed by atoms with Crippen LogP contribution in [0.4, 0.5) is 0 Å². The third-order valence-electron chi connectivity index (χ3n) is 3.79. The van der Waals surface area contributed by atoms with Crippen molar-refractivity contribution in [3.63, 3.8) is 0 Å². The van der Waals surface area contributed by atoms with Gasteiger partial charge in [0.2, 0.25) is 5.88 Å². The fourth-order valence-electron chi connectivity index (χ4n) is 2.82. The molecule has 4 heteroatoms. The van der Waals surface area contributed by atoms with E-state index in [0.29, 0.717) is 12.3 Å². The monoisotopic (exact) mass is 270 g/mol. The molecule has 20 heavy (non-hydrogen) atoms. The SMILES string of the molecule is COc1ccc(-n2ccc3c2CC(C)(C)CC3=O)cn1. The van der Waals surface area contributed by atoms with Crippen molar-refractivity contribution in [2.75, 3.05) is 7.11 Å². The summed E-state index contributed by atoms with van der Waals surface area (Å²) in [6, 6.07) is 5.70. The third kappa shape index (κ3) is 2.11. The van der Waals surface area contributed by atoms with Gasteiger partial charge in [-0.1, -0.05) is 13.8 Å². The molecule has 0 saturated heterocycles. The Morgan fingerprint density at radius 1 is 1.25 bits per heavy atom. The van der Waals surface area contributed by atoms with Gasteiger partial charge < -0.3 is 9.30 Å². The summed E-state index contributed by atoms with van der Waals surface area (Å²) in [4.78, 5) is 16.4. The van der Waals surface area contributed by atoms with Crippen LogP contribution in [0.25, 0.3) is 5.69 Å². The summed E-state index contributed by atoms with van der Waals surface area (Å²) in [5, 5.41) is 0. The van der Waals surface area contributed by atoms with Crippen LogP contribution in [0.1, 0.15) is 36.3 Å². The largest absolute Gasteiger partial charge is 0.481 e. The smallest absolute Gasteiger partial charge is 0.213 e. The van der Waals surface area contributed by atoms with Gasteiger partial charge in [0.15, 0.2) is 5.78 Å². The van der Waals surface area contributed by atoms with Gasteiger partial charge in [0.25, 0.3) is 0 Å². The minimum absolute atomic E-state index is 0.0140. The van der Waals surface area contributed by atoms with Gasteiger partial charge in [-0.25, -0.2) is 4.98 Å². The first-order valence-corrected chi connectivity index (χ1v) is 6.74. The number of ketones is 1. The molecule has 0 unspecified atom stereocenters. The van der Waals surface area contributed by atoms with Crippen molar-refractivity contribution < 1.29 is 9.53 Å². The fraction of sp³-hybridized carbons (Fsp3) is 0.375. The van der Waals surface area contributed by atoms with E-state index in [2.05, 4.69) is 23.4 Å². The number of nitrogens with zero attached hydrogens (tertiary/aromatic N) is 2. The summed E-state index contributed by atoms with van der Waals surface area (Å²) in [7, 11) is 1.60. The Labute approximate surface area is 118 Å². The number of ether oxygens (including phenoxy) is 1. The lowest BCUT2D eigenvalue weighted by Gasteiger charge is -2.29. The van der Waals surface area contributed by atoms with Gasteiger partial charge in [0.05, 0.1) is 19.0 Å². The maximum atomic E-state index is 12.2. The van der Waals surface area contributed by atoms with Crippen molar-refractivity contribution in [3.8, 4) is 11.6 Å². The molecule has 0 saturated carbocycles. The molecule has 0 fully saturated rings. The number of Topliss-reactive ketones (excluding diaryl/α,β-unsaturated/α-hetero) is 1. The molecular formula is C16H18N2O2. The van der Waals surface area contributed by atoms with Crippen molar-refractivity contribution >= 4 is 5.78 Å². The van der Waals surface area contributed by atoms with Crippen molar-refractivity contribution in [2.45, 2.75) is 26.7 Å². The van der Waals surface area contributed by atoms with Crippen LogP contribution in [-0.4, -0.2) is 22.4 Å². The molecule has 0 aromatic carbocycles. The van der Waals surface area contributed by atoms with Gasteiger partial charge >= 0.3 is 0 Å². The average molecular weight is 270 g/mol. The molecule has 4 nitrogen and oxygen atoms in total. The average Bonchev–Trinajstić information content (AvgIpc) is 2.81. The molecule has 0 radical (unpaired) electrons. The lowest BCUT2D eigenvalue weighted by molar-refractivity contribution is 0.0911. The van der Waals surface area contributed by atoms with E-state index in [0.717, 1.165) is 23.4 Å². The minimum Gasteiger partial charge on any atom is -0.481 e. The molecule has 3 rings (SSSR count). The van der Waals surface area contributed by atoms with E-state index in [-0.39, 0.29) is 11.2 Å². The Balaban J connectivity index is 2.05. The molecule has 2 aromatic rings. The van der Waals surface area contributed by atoms with Crippen LogP contribution in [0.2, 0.25) is 0 Å². The van der Waals surface area contributed by atoms with Crippen LogP contribution in [0.15, 0.2) is 30.6 Å². The summed E-state index contributed by atoms with van der Waals surface area (Å²) < 4.78 is 7.13. The highest BCUT2D eigenvalue weighted by Gasteiger charge is 2.33. The van der Waals surface area contributed by atoms with Crippen molar-refractivity contribution in [2.24, 2.45) is 5.41 Å². The topological polar surface area (TPSA) is 44.1 Å². The highest BCUT2D eigenvalue weighted by atomic mass is 16.5. The molecule has 0 amide bonds. The number of aromatic nitrogens is 2. The normalized spacial score (nSPS) is 16.9. The van der Waals surface area contributed by atoms with Crippen molar-refractivity contribution in [3.05, 3.63) is 41.9 Å². The number of fused-ring (bicyclic) bond motifs is 1. The second-order valence-corrected chi connectivity index (χ2v) is 6.05. The summed E-state index contributed by atoms with van der Waals surface area (Å²) in [6.45, 7) is 4.27. The molecule has 0 atom stereocenters. The van der Waals surface area contributed by atoms with Crippen LogP contribution < -0.4 is 4.74 Å². The molecule has 1 aliphatic rings. The maximum Gasteiger partial charge on any atom is 0.213 e. The predicted octanol–water partition coefficient (Wildman–Crippen LogP) is 3.04. The Hall–Kier alpha value is -2.10. The van der Waals surface area contributed by atoms with E-state index < -0.39 is 0 Å². The van der Waals surface area contributed by atoms with Gasteiger partial charge in [-0.05, 0) is 24.0 Å². The number of pyridine rings is 1. The maximum absolute atomic E-state index is 12.2.